The van der Waals surface area contributed by atoms with E-state index in [9.17, 15) is 5.11 Å². The van der Waals surface area contributed by atoms with Gasteiger partial charge in [0, 0.05) is 20.8 Å². The average molecular weight is 331 g/mol. The van der Waals surface area contributed by atoms with E-state index in [1.54, 1.807) is 6.20 Å². The minimum atomic E-state index is -0.617. The highest BCUT2D eigenvalue weighted by atomic mass is 79.9. The molecule has 1 heterocycles. The molecule has 0 aliphatic rings. The number of H-pyrrole nitrogens is 1. The van der Waals surface area contributed by atoms with Crippen molar-refractivity contribution in [3.8, 4) is 0 Å². The van der Waals surface area contributed by atoms with Crippen LogP contribution in [0.25, 0.3) is 0 Å². The molecule has 1 unspecified atom stereocenters. The summed E-state index contributed by atoms with van der Waals surface area (Å²) < 4.78 is 1.88. The number of nitrogens with one attached hydrogen (secondary N) is 1. The Morgan fingerprint density at radius 1 is 1.13 bits per heavy atom. The van der Waals surface area contributed by atoms with E-state index in [1.807, 2.05) is 30.3 Å². The molecule has 1 aromatic heterocycles. The molecule has 0 saturated heterocycles. The second kappa shape index (κ2) is 4.51. The number of hydrogen-bond acceptors (Lipinski definition) is 1. The molecule has 0 saturated carbocycles. The van der Waals surface area contributed by atoms with E-state index in [4.69, 9.17) is 0 Å². The molecule has 0 amide bonds. The fourth-order valence-corrected chi connectivity index (χ4v) is 2.76. The summed E-state index contributed by atoms with van der Waals surface area (Å²) in [6.45, 7) is 0. The number of benzene rings is 1. The quantitative estimate of drug-likeness (QED) is 0.866. The van der Waals surface area contributed by atoms with Crippen molar-refractivity contribution in [2.24, 2.45) is 0 Å². The first-order chi connectivity index (χ1) is 7.16. The predicted octanol–water partition coefficient (Wildman–Crippen LogP) is 3.62. The highest BCUT2D eigenvalue weighted by molar-refractivity contribution is 9.11. The minimum Gasteiger partial charge on any atom is -0.382 e. The molecule has 2 nitrogen and oxygen atoms in total. The van der Waals surface area contributed by atoms with Crippen molar-refractivity contribution >= 4 is 31.9 Å². The third-order valence-corrected chi connectivity index (χ3v) is 3.03. The number of halogens is 2. The Labute approximate surface area is 105 Å². The van der Waals surface area contributed by atoms with Crippen LogP contribution in [0.15, 0.2) is 45.5 Å². The smallest absolute Gasteiger partial charge is 0.119 e. The van der Waals surface area contributed by atoms with Gasteiger partial charge in [0.15, 0.2) is 0 Å². The van der Waals surface area contributed by atoms with E-state index in [-0.39, 0.29) is 0 Å². The summed E-state index contributed by atoms with van der Waals surface area (Å²) in [6.07, 6.45) is 1.18. The average Bonchev–Trinajstić information content (AvgIpc) is 2.67. The molecule has 0 aliphatic carbocycles. The molecule has 0 radical (unpaired) electrons. The zero-order valence-corrected chi connectivity index (χ0v) is 10.9. The first kappa shape index (κ1) is 10.9. The molecule has 0 aliphatic heterocycles. The summed E-state index contributed by atoms with van der Waals surface area (Å²) in [5.41, 5.74) is 1.64. The van der Waals surface area contributed by atoms with Gasteiger partial charge in [-0.3, -0.25) is 0 Å². The van der Waals surface area contributed by atoms with Crippen LogP contribution in [0.1, 0.15) is 17.4 Å². The van der Waals surface area contributed by atoms with Crippen molar-refractivity contribution in [2.45, 2.75) is 6.10 Å². The molecule has 0 fully saturated rings. The lowest BCUT2D eigenvalue weighted by molar-refractivity contribution is 0.216. The predicted molar refractivity (Wildman–Crippen MR) is 66.7 cm³/mol. The Hall–Kier alpha value is -0.580. The molecule has 78 valence electrons. The van der Waals surface area contributed by atoms with Crippen molar-refractivity contribution in [3.63, 3.8) is 0 Å². The Morgan fingerprint density at radius 2 is 1.80 bits per heavy atom. The monoisotopic (exact) mass is 329 g/mol. The van der Waals surface area contributed by atoms with Crippen molar-refractivity contribution in [2.75, 3.05) is 0 Å². The molecular weight excluding hydrogens is 322 g/mol. The zero-order chi connectivity index (χ0) is 10.8. The molecule has 2 rings (SSSR count). The number of hydrogen-bond donors (Lipinski definition) is 2. The van der Waals surface area contributed by atoms with E-state index >= 15 is 0 Å². The molecule has 0 bridgehead atoms. The lowest BCUT2D eigenvalue weighted by Crippen LogP contribution is -1.99. The van der Waals surface area contributed by atoms with E-state index in [1.165, 1.54) is 0 Å². The van der Waals surface area contributed by atoms with Gasteiger partial charge in [-0.15, -0.1) is 0 Å². The van der Waals surface area contributed by atoms with Crippen LogP contribution >= 0.6 is 31.9 Å². The van der Waals surface area contributed by atoms with Crippen molar-refractivity contribution in [1.82, 2.24) is 4.98 Å². The Balaban J connectivity index is 2.37. The maximum absolute atomic E-state index is 10.1. The maximum atomic E-state index is 10.1. The molecular formula is C11H9Br2NO. The summed E-state index contributed by atoms with van der Waals surface area (Å²) in [6, 6.07) is 9.46. The standard InChI is InChI=1S/C11H9Br2NO/c12-8-4-7(5-9(13)6-8)11(15)10-2-1-3-14-10/h1-6,11,14-15H. The highest BCUT2D eigenvalue weighted by Gasteiger charge is 2.11. The summed E-state index contributed by atoms with van der Waals surface area (Å²) in [5, 5.41) is 10.1. The maximum Gasteiger partial charge on any atom is 0.119 e. The van der Waals surface area contributed by atoms with Crippen LogP contribution in [-0.2, 0) is 0 Å². The van der Waals surface area contributed by atoms with Gasteiger partial charge < -0.3 is 10.1 Å². The summed E-state index contributed by atoms with van der Waals surface area (Å²) in [5.74, 6) is 0. The normalized spacial score (nSPS) is 12.7. The largest absolute Gasteiger partial charge is 0.382 e. The van der Waals surface area contributed by atoms with E-state index in [0.717, 1.165) is 20.2 Å². The van der Waals surface area contributed by atoms with E-state index < -0.39 is 6.10 Å². The van der Waals surface area contributed by atoms with Gasteiger partial charge in [0.25, 0.3) is 0 Å². The Kier molecular flexibility index (Phi) is 3.29. The van der Waals surface area contributed by atoms with Gasteiger partial charge in [0.05, 0.1) is 0 Å². The molecule has 15 heavy (non-hydrogen) atoms. The van der Waals surface area contributed by atoms with Crippen LogP contribution in [0, 0.1) is 0 Å². The number of aromatic amines is 1. The van der Waals surface area contributed by atoms with Gasteiger partial charge in [0.1, 0.15) is 6.10 Å². The van der Waals surface area contributed by atoms with Crippen LogP contribution in [0.3, 0.4) is 0 Å². The van der Waals surface area contributed by atoms with Gasteiger partial charge in [0.2, 0.25) is 0 Å². The number of aliphatic hydroxyl groups excluding tert-OH is 1. The van der Waals surface area contributed by atoms with Gasteiger partial charge >= 0.3 is 0 Å². The van der Waals surface area contributed by atoms with Gasteiger partial charge in [-0.25, -0.2) is 0 Å². The topological polar surface area (TPSA) is 36.0 Å². The third-order valence-electron chi connectivity index (χ3n) is 2.12. The Morgan fingerprint density at radius 3 is 2.33 bits per heavy atom. The van der Waals surface area contributed by atoms with Crippen LogP contribution in [0.5, 0.6) is 0 Å². The number of rotatable bonds is 2. The second-order valence-electron chi connectivity index (χ2n) is 3.23. The second-order valence-corrected chi connectivity index (χ2v) is 5.06. The van der Waals surface area contributed by atoms with Crippen molar-refractivity contribution in [1.29, 1.82) is 0 Å². The summed E-state index contributed by atoms with van der Waals surface area (Å²) in [7, 11) is 0. The minimum absolute atomic E-state index is 0.617. The lowest BCUT2D eigenvalue weighted by atomic mass is 10.1. The Bertz CT molecular complexity index is 433. The van der Waals surface area contributed by atoms with E-state index in [2.05, 4.69) is 36.8 Å². The van der Waals surface area contributed by atoms with Crippen LogP contribution in [-0.4, -0.2) is 10.1 Å². The molecule has 1 atom stereocenters. The fourth-order valence-electron chi connectivity index (χ4n) is 1.43. The van der Waals surface area contributed by atoms with E-state index in [0.29, 0.717) is 0 Å². The van der Waals surface area contributed by atoms with Crippen LogP contribution in [0.4, 0.5) is 0 Å². The van der Waals surface area contributed by atoms with Crippen LogP contribution in [0.2, 0.25) is 0 Å². The molecule has 4 heteroatoms. The lowest BCUT2D eigenvalue weighted by Gasteiger charge is -2.10. The van der Waals surface area contributed by atoms with Gasteiger partial charge in [-0.2, -0.15) is 0 Å². The molecule has 1 aromatic carbocycles. The molecule has 0 spiro atoms. The number of aliphatic hydroxyl groups is 1. The third kappa shape index (κ3) is 2.51. The SMILES string of the molecule is OC(c1cc(Br)cc(Br)c1)c1ccc[nH]1. The molecule has 2 aromatic rings. The van der Waals surface area contributed by atoms with Gasteiger partial charge in [-0.1, -0.05) is 31.9 Å². The van der Waals surface area contributed by atoms with Gasteiger partial charge in [-0.05, 0) is 35.9 Å². The van der Waals surface area contributed by atoms with Crippen molar-refractivity contribution in [3.05, 3.63) is 56.7 Å². The first-order valence-corrected chi connectivity index (χ1v) is 6.03. The molecule has 2 N–H and O–H groups in total. The zero-order valence-electron chi connectivity index (χ0n) is 7.74. The van der Waals surface area contributed by atoms with Crippen molar-refractivity contribution < 1.29 is 5.11 Å². The van der Waals surface area contributed by atoms with Crippen LogP contribution < -0.4 is 0 Å². The number of aromatic nitrogens is 1. The summed E-state index contributed by atoms with van der Waals surface area (Å²) >= 11 is 6.79. The highest BCUT2D eigenvalue weighted by Crippen LogP contribution is 2.27. The first-order valence-electron chi connectivity index (χ1n) is 4.44. The summed E-state index contributed by atoms with van der Waals surface area (Å²) in [4.78, 5) is 2.99. The fraction of sp³-hybridized carbons (Fsp3) is 0.0909.